The number of hydrogen-bond acceptors (Lipinski definition) is 3. The number of aliphatic imine (C=N–C) groups is 1. The predicted molar refractivity (Wildman–Crippen MR) is 123 cm³/mol. The minimum absolute atomic E-state index is 0.358. The Kier molecular flexibility index (Phi) is 8.31. The lowest BCUT2D eigenvalue weighted by Crippen LogP contribution is -2.43. The second-order valence-corrected chi connectivity index (χ2v) is 8.43. The maximum atomic E-state index is 5.34. The number of benzene rings is 1. The summed E-state index contributed by atoms with van der Waals surface area (Å²) in [4.78, 5) is 4.41. The number of para-hydroxylation sites is 1. The lowest BCUT2D eigenvalue weighted by molar-refractivity contribution is 0.138. The van der Waals surface area contributed by atoms with Crippen LogP contribution in [0.5, 0.6) is 0 Å². The average molecular weight is 412 g/mol. The van der Waals surface area contributed by atoms with Gasteiger partial charge in [-0.15, -0.1) is 0 Å². The van der Waals surface area contributed by atoms with Crippen LogP contribution in [-0.4, -0.2) is 49.6 Å². The van der Waals surface area contributed by atoms with Gasteiger partial charge in [0.15, 0.2) is 5.96 Å². The molecule has 164 valence electrons. The van der Waals surface area contributed by atoms with E-state index in [2.05, 4.69) is 46.0 Å². The van der Waals surface area contributed by atoms with Gasteiger partial charge < -0.3 is 15.4 Å². The van der Waals surface area contributed by atoms with E-state index in [0.29, 0.717) is 5.41 Å². The fourth-order valence-corrected chi connectivity index (χ4v) is 4.39. The Hall–Kier alpha value is -2.34. The SMILES string of the molecule is CN=C(NCCCc1cn(-c2ccccc2)nc1C)NCC1(CCOC)CCCC1. The van der Waals surface area contributed by atoms with E-state index in [9.17, 15) is 0 Å². The van der Waals surface area contributed by atoms with E-state index >= 15 is 0 Å². The van der Waals surface area contributed by atoms with Crippen molar-refractivity contribution in [3.05, 3.63) is 47.8 Å². The number of hydrogen-bond donors (Lipinski definition) is 2. The van der Waals surface area contributed by atoms with Gasteiger partial charge in [0.05, 0.1) is 11.4 Å². The van der Waals surface area contributed by atoms with Gasteiger partial charge in [0.25, 0.3) is 0 Å². The van der Waals surface area contributed by atoms with Crippen molar-refractivity contribution in [2.75, 3.05) is 33.9 Å². The van der Waals surface area contributed by atoms with Crippen LogP contribution < -0.4 is 10.6 Å². The van der Waals surface area contributed by atoms with Crippen LogP contribution in [0.25, 0.3) is 5.69 Å². The molecule has 3 rings (SSSR count). The first kappa shape index (κ1) is 22.3. The summed E-state index contributed by atoms with van der Waals surface area (Å²) >= 11 is 0. The van der Waals surface area contributed by atoms with Crippen LogP contribution in [0, 0.1) is 12.3 Å². The summed E-state index contributed by atoms with van der Waals surface area (Å²) < 4.78 is 7.31. The van der Waals surface area contributed by atoms with Crippen molar-refractivity contribution in [2.24, 2.45) is 10.4 Å². The lowest BCUT2D eigenvalue weighted by Gasteiger charge is -2.30. The summed E-state index contributed by atoms with van der Waals surface area (Å²) in [5, 5.41) is 11.7. The molecule has 1 aliphatic carbocycles. The maximum Gasteiger partial charge on any atom is 0.190 e. The topological polar surface area (TPSA) is 63.5 Å². The van der Waals surface area contributed by atoms with E-state index in [0.717, 1.165) is 56.3 Å². The van der Waals surface area contributed by atoms with Crippen molar-refractivity contribution in [1.29, 1.82) is 0 Å². The average Bonchev–Trinajstić information content (AvgIpc) is 3.39. The molecule has 0 amide bonds. The first-order chi connectivity index (χ1) is 14.7. The van der Waals surface area contributed by atoms with E-state index in [-0.39, 0.29) is 0 Å². The summed E-state index contributed by atoms with van der Waals surface area (Å²) in [6.45, 7) is 4.78. The van der Waals surface area contributed by atoms with Crippen LogP contribution in [0.2, 0.25) is 0 Å². The summed E-state index contributed by atoms with van der Waals surface area (Å²) in [5.41, 5.74) is 3.86. The fourth-order valence-electron chi connectivity index (χ4n) is 4.39. The Labute approximate surface area is 181 Å². The third-order valence-corrected chi connectivity index (χ3v) is 6.29. The molecule has 1 aliphatic rings. The predicted octanol–water partition coefficient (Wildman–Crippen LogP) is 3.88. The van der Waals surface area contributed by atoms with Gasteiger partial charge >= 0.3 is 0 Å². The normalized spacial score (nSPS) is 16.0. The molecule has 1 saturated carbocycles. The molecule has 2 N–H and O–H groups in total. The van der Waals surface area contributed by atoms with Gasteiger partial charge in [-0.3, -0.25) is 4.99 Å². The number of aromatic nitrogens is 2. The molecular formula is C24H37N5O. The van der Waals surface area contributed by atoms with E-state index in [1.54, 1.807) is 7.11 Å². The van der Waals surface area contributed by atoms with Crippen LogP contribution in [0.4, 0.5) is 0 Å². The molecule has 0 aliphatic heterocycles. The third kappa shape index (κ3) is 6.08. The first-order valence-corrected chi connectivity index (χ1v) is 11.2. The first-order valence-electron chi connectivity index (χ1n) is 11.2. The Morgan fingerprint density at radius 3 is 2.67 bits per heavy atom. The molecule has 0 spiro atoms. The van der Waals surface area contributed by atoms with Crippen molar-refractivity contribution in [1.82, 2.24) is 20.4 Å². The number of nitrogens with one attached hydrogen (secondary N) is 2. The Balaban J connectivity index is 1.43. The number of rotatable bonds is 10. The third-order valence-electron chi connectivity index (χ3n) is 6.29. The van der Waals surface area contributed by atoms with Crippen molar-refractivity contribution in [2.45, 2.75) is 51.9 Å². The number of ether oxygens (including phenoxy) is 1. The van der Waals surface area contributed by atoms with Crippen LogP contribution >= 0.6 is 0 Å². The molecule has 1 aromatic heterocycles. The highest BCUT2D eigenvalue weighted by Crippen LogP contribution is 2.40. The summed E-state index contributed by atoms with van der Waals surface area (Å²) in [7, 11) is 3.64. The molecule has 30 heavy (non-hydrogen) atoms. The monoisotopic (exact) mass is 411 g/mol. The summed E-state index contributed by atoms with van der Waals surface area (Å²) in [6, 6.07) is 10.3. The van der Waals surface area contributed by atoms with Crippen molar-refractivity contribution >= 4 is 5.96 Å². The largest absolute Gasteiger partial charge is 0.385 e. The minimum atomic E-state index is 0.358. The highest BCUT2D eigenvalue weighted by atomic mass is 16.5. The van der Waals surface area contributed by atoms with Gasteiger partial charge in [0.1, 0.15) is 0 Å². The lowest BCUT2D eigenvalue weighted by atomic mass is 9.83. The zero-order valence-corrected chi connectivity index (χ0v) is 18.8. The number of nitrogens with zero attached hydrogens (tertiary/aromatic N) is 3. The van der Waals surface area contributed by atoms with Crippen LogP contribution in [0.1, 0.15) is 49.8 Å². The van der Waals surface area contributed by atoms with E-state index in [1.165, 1.54) is 31.2 Å². The van der Waals surface area contributed by atoms with Gasteiger partial charge in [-0.05, 0) is 62.1 Å². The molecule has 1 aromatic carbocycles. The maximum absolute atomic E-state index is 5.34. The van der Waals surface area contributed by atoms with Gasteiger partial charge in [-0.25, -0.2) is 4.68 Å². The van der Waals surface area contributed by atoms with Crippen molar-refractivity contribution < 1.29 is 4.74 Å². The summed E-state index contributed by atoms with van der Waals surface area (Å²) in [5.74, 6) is 0.899. The van der Waals surface area contributed by atoms with Crippen molar-refractivity contribution in [3.63, 3.8) is 0 Å². The number of guanidine groups is 1. The molecule has 0 unspecified atom stereocenters. The zero-order chi connectivity index (χ0) is 21.2. The molecule has 0 bridgehead atoms. The Morgan fingerprint density at radius 2 is 1.97 bits per heavy atom. The van der Waals surface area contributed by atoms with E-state index in [1.807, 2.05) is 29.9 Å². The van der Waals surface area contributed by atoms with Crippen molar-refractivity contribution in [3.8, 4) is 5.69 Å². The highest BCUT2D eigenvalue weighted by Gasteiger charge is 2.33. The van der Waals surface area contributed by atoms with E-state index < -0.39 is 0 Å². The summed E-state index contributed by atoms with van der Waals surface area (Å²) in [6.07, 6.45) is 10.5. The van der Waals surface area contributed by atoms with Crippen LogP contribution in [-0.2, 0) is 11.2 Å². The van der Waals surface area contributed by atoms with Gasteiger partial charge in [-0.2, -0.15) is 5.10 Å². The fraction of sp³-hybridized carbons (Fsp3) is 0.583. The minimum Gasteiger partial charge on any atom is -0.385 e. The molecular weight excluding hydrogens is 374 g/mol. The number of aryl methyl sites for hydroxylation is 2. The standard InChI is InChI=1S/C24H37N5O/c1-20-21(18-29(28-20)22-11-5-4-6-12-22)10-9-16-26-23(25-2)27-19-24(15-17-30-3)13-7-8-14-24/h4-6,11-12,18H,7-10,13-17,19H2,1-3H3,(H2,25,26,27). The molecule has 0 atom stereocenters. The number of methoxy groups -OCH3 is 1. The molecule has 0 saturated heterocycles. The molecule has 2 aromatic rings. The molecule has 6 nitrogen and oxygen atoms in total. The second-order valence-electron chi connectivity index (χ2n) is 8.43. The van der Waals surface area contributed by atoms with Crippen LogP contribution in [0.3, 0.4) is 0 Å². The highest BCUT2D eigenvalue weighted by molar-refractivity contribution is 5.79. The van der Waals surface area contributed by atoms with E-state index in [4.69, 9.17) is 4.74 Å². The second kappa shape index (κ2) is 11.2. The Bertz CT molecular complexity index is 793. The molecule has 0 radical (unpaired) electrons. The zero-order valence-electron chi connectivity index (χ0n) is 18.8. The molecule has 6 heteroatoms. The van der Waals surface area contributed by atoms with Crippen LogP contribution in [0.15, 0.2) is 41.5 Å². The molecule has 1 heterocycles. The Morgan fingerprint density at radius 1 is 1.20 bits per heavy atom. The smallest absolute Gasteiger partial charge is 0.190 e. The quantitative estimate of drug-likeness (QED) is 0.354. The van der Waals surface area contributed by atoms with Gasteiger partial charge in [0.2, 0.25) is 0 Å². The molecule has 1 fully saturated rings. The van der Waals surface area contributed by atoms with Gasteiger partial charge in [-0.1, -0.05) is 31.0 Å². The van der Waals surface area contributed by atoms with Gasteiger partial charge in [0, 0.05) is 40.1 Å².